The third kappa shape index (κ3) is 3.52. The Kier molecular flexibility index (Phi) is 5.13. The third-order valence-corrected chi connectivity index (χ3v) is 5.68. The molecule has 0 aromatic heterocycles. The number of fused-ring (bicyclic) bond motifs is 2. The van der Waals surface area contributed by atoms with Gasteiger partial charge in [-0.1, -0.05) is 30.3 Å². The maximum atomic E-state index is 14.8. The van der Waals surface area contributed by atoms with E-state index in [4.69, 9.17) is 0 Å². The molecule has 2 aliphatic rings. The molecule has 2 heterocycles. The highest BCUT2D eigenvalue weighted by atomic mass is 19.1. The molecule has 1 unspecified atom stereocenters. The quantitative estimate of drug-likeness (QED) is 0.859. The number of benzene rings is 2. The van der Waals surface area contributed by atoms with Crippen molar-refractivity contribution in [1.82, 2.24) is 10.2 Å². The number of nitrogens with zero attached hydrogens (tertiary/aromatic N) is 1. The molecule has 0 bridgehead atoms. The zero-order valence-corrected chi connectivity index (χ0v) is 15.9. The van der Waals surface area contributed by atoms with Gasteiger partial charge in [0.15, 0.2) is 0 Å². The van der Waals surface area contributed by atoms with Gasteiger partial charge in [0.25, 0.3) is 0 Å². The van der Waals surface area contributed by atoms with Gasteiger partial charge < -0.3 is 15.5 Å². The van der Waals surface area contributed by atoms with Crippen LogP contribution in [0.3, 0.4) is 0 Å². The van der Waals surface area contributed by atoms with Crippen LogP contribution >= 0.6 is 0 Å². The Hall–Kier alpha value is -2.73. The lowest BCUT2D eigenvalue weighted by molar-refractivity contribution is -0.132. The summed E-state index contributed by atoms with van der Waals surface area (Å²) in [4.78, 5) is 26.6. The molecule has 6 heteroatoms. The van der Waals surface area contributed by atoms with Crippen molar-refractivity contribution in [1.29, 1.82) is 0 Å². The van der Waals surface area contributed by atoms with Gasteiger partial charge >= 0.3 is 0 Å². The predicted octanol–water partition coefficient (Wildman–Crippen LogP) is 2.95. The minimum atomic E-state index is -0.347. The van der Waals surface area contributed by atoms with E-state index in [9.17, 15) is 14.0 Å². The van der Waals surface area contributed by atoms with Gasteiger partial charge in [0.05, 0.1) is 18.2 Å². The fourth-order valence-corrected chi connectivity index (χ4v) is 4.26. The highest BCUT2D eigenvalue weighted by Gasteiger charge is 2.31. The highest BCUT2D eigenvalue weighted by molar-refractivity contribution is 5.92. The van der Waals surface area contributed by atoms with Crippen LogP contribution in [0, 0.1) is 5.82 Å². The molecule has 2 aromatic rings. The molecule has 1 atom stereocenters. The predicted molar refractivity (Wildman–Crippen MR) is 105 cm³/mol. The molecule has 0 fully saturated rings. The summed E-state index contributed by atoms with van der Waals surface area (Å²) in [7, 11) is 0. The second kappa shape index (κ2) is 7.72. The van der Waals surface area contributed by atoms with Gasteiger partial charge in [0.1, 0.15) is 5.82 Å². The van der Waals surface area contributed by atoms with Crippen LogP contribution in [0.1, 0.15) is 41.6 Å². The number of halogens is 1. The van der Waals surface area contributed by atoms with E-state index in [1.54, 1.807) is 11.0 Å². The number of hydrogen-bond acceptors (Lipinski definition) is 3. The van der Waals surface area contributed by atoms with Gasteiger partial charge in [-0.2, -0.15) is 0 Å². The number of amides is 2. The van der Waals surface area contributed by atoms with E-state index in [0.717, 1.165) is 29.7 Å². The fraction of sp³-hybridized carbons (Fsp3) is 0.364. The summed E-state index contributed by atoms with van der Waals surface area (Å²) in [6.45, 7) is 3.49. The largest absolute Gasteiger partial charge is 0.335 e. The molecule has 0 radical (unpaired) electrons. The Balaban J connectivity index is 1.55. The van der Waals surface area contributed by atoms with Crippen molar-refractivity contribution in [2.24, 2.45) is 0 Å². The Morgan fingerprint density at radius 2 is 2.00 bits per heavy atom. The van der Waals surface area contributed by atoms with Crippen molar-refractivity contribution in [2.45, 2.75) is 38.8 Å². The molecule has 2 N–H and O–H groups in total. The van der Waals surface area contributed by atoms with Crippen molar-refractivity contribution < 1.29 is 14.0 Å². The molecule has 4 rings (SSSR count). The van der Waals surface area contributed by atoms with Crippen LogP contribution in [0.4, 0.5) is 10.1 Å². The van der Waals surface area contributed by atoms with E-state index < -0.39 is 0 Å². The normalized spacial score (nSPS) is 18.2. The molecule has 0 saturated heterocycles. The zero-order valence-electron chi connectivity index (χ0n) is 15.9. The molecule has 0 saturated carbocycles. The molecular weight excluding hydrogens is 357 g/mol. The lowest BCUT2D eigenvalue weighted by atomic mass is 9.90. The van der Waals surface area contributed by atoms with Gasteiger partial charge in [-0.15, -0.1) is 0 Å². The number of nitrogens with one attached hydrogen (secondary N) is 2. The Bertz CT molecular complexity index is 928. The summed E-state index contributed by atoms with van der Waals surface area (Å²) in [5, 5.41) is 5.94. The number of carbonyl (C=O) groups excluding carboxylic acids is 2. The topological polar surface area (TPSA) is 61.4 Å². The van der Waals surface area contributed by atoms with Gasteiger partial charge in [0.2, 0.25) is 11.8 Å². The number of anilines is 1. The van der Waals surface area contributed by atoms with Crippen LogP contribution in [0.25, 0.3) is 0 Å². The average Bonchev–Trinajstić information content (AvgIpc) is 2.70. The molecule has 2 aliphatic heterocycles. The second-order valence-corrected chi connectivity index (χ2v) is 7.42. The van der Waals surface area contributed by atoms with Crippen molar-refractivity contribution in [3.05, 3.63) is 64.5 Å². The summed E-state index contributed by atoms with van der Waals surface area (Å²) in [6, 6.07) is 11.0. The van der Waals surface area contributed by atoms with Crippen LogP contribution in [0.5, 0.6) is 0 Å². The molecule has 28 heavy (non-hydrogen) atoms. The first-order valence-corrected chi connectivity index (χ1v) is 9.70. The number of carbonyl (C=O) groups is 2. The van der Waals surface area contributed by atoms with Crippen LogP contribution in [-0.2, 0) is 29.0 Å². The van der Waals surface area contributed by atoms with E-state index >= 15 is 0 Å². The standard InChI is InChI=1S/C22H24FN3O2/c1-14(27)26-11-9-15-4-2-3-5-17(15)20(26)12-21(28)25-19-7-6-16-13-24-10-8-18(16)22(19)23/h2-7,20,24H,8-13H2,1H3,(H,25,28). The number of hydrogen-bond donors (Lipinski definition) is 2. The molecular formula is C22H24FN3O2. The highest BCUT2D eigenvalue weighted by Crippen LogP contribution is 2.33. The van der Waals surface area contributed by atoms with Crippen molar-refractivity contribution in [3.8, 4) is 0 Å². The van der Waals surface area contributed by atoms with Crippen molar-refractivity contribution in [3.63, 3.8) is 0 Å². The zero-order chi connectivity index (χ0) is 19.7. The van der Waals surface area contributed by atoms with E-state index in [-0.39, 0.29) is 35.8 Å². The summed E-state index contributed by atoms with van der Waals surface area (Å²) in [6.07, 6.45) is 1.50. The van der Waals surface area contributed by atoms with E-state index in [2.05, 4.69) is 10.6 Å². The molecule has 2 aromatic carbocycles. The van der Waals surface area contributed by atoms with Crippen LogP contribution < -0.4 is 10.6 Å². The lowest BCUT2D eigenvalue weighted by Gasteiger charge is -2.36. The molecule has 5 nitrogen and oxygen atoms in total. The van der Waals surface area contributed by atoms with Gasteiger partial charge in [-0.05, 0) is 47.7 Å². The summed E-state index contributed by atoms with van der Waals surface area (Å²) in [5.41, 5.74) is 3.97. The Morgan fingerprint density at radius 1 is 1.18 bits per heavy atom. The monoisotopic (exact) mass is 381 g/mol. The Morgan fingerprint density at radius 3 is 2.82 bits per heavy atom. The summed E-state index contributed by atoms with van der Waals surface area (Å²) < 4.78 is 14.8. The Labute approximate surface area is 163 Å². The fourth-order valence-electron chi connectivity index (χ4n) is 4.26. The lowest BCUT2D eigenvalue weighted by Crippen LogP contribution is -2.40. The van der Waals surface area contributed by atoms with E-state index in [1.807, 2.05) is 30.3 Å². The number of rotatable bonds is 3. The maximum Gasteiger partial charge on any atom is 0.226 e. The summed E-state index contributed by atoms with van der Waals surface area (Å²) >= 11 is 0. The van der Waals surface area contributed by atoms with Crippen LogP contribution in [0.15, 0.2) is 36.4 Å². The second-order valence-electron chi connectivity index (χ2n) is 7.42. The smallest absolute Gasteiger partial charge is 0.226 e. The summed E-state index contributed by atoms with van der Waals surface area (Å²) in [5.74, 6) is -0.694. The van der Waals surface area contributed by atoms with Crippen LogP contribution in [0.2, 0.25) is 0 Å². The average molecular weight is 381 g/mol. The first-order chi connectivity index (χ1) is 13.5. The van der Waals surface area contributed by atoms with Gasteiger partial charge in [-0.25, -0.2) is 4.39 Å². The first kappa shape index (κ1) is 18.6. The maximum absolute atomic E-state index is 14.8. The molecule has 0 spiro atoms. The third-order valence-electron chi connectivity index (χ3n) is 5.68. The molecule has 2 amide bonds. The molecule has 0 aliphatic carbocycles. The minimum absolute atomic E-state index is 0.0558. The molecule has 146 valence electrons. The van der Waals surface area contributed by atoms with Crippen molar-refractivity contribution >= 4 is 17.5 Å². The first-order valence-electron chi connectivity index (χ1n) is 9.70. The van der Waals surface area contributed by atoms with Gasteiger partial charge in [-0.3, -0.25) is 9.59 Å². The van der Waals surface area contributed by atoms with Gasteiger partial charge in [0, 0.05) is 20.0 Å². The SMILES string of the molecule is CC(=O)N1CCc2ccccc2C1CC(=O)Nc1ccc2c(c1F)CCNC2. The van der Waals surface area contributed by atoms with Crippen molar-refractivity contribution in [2.75, 3.05) is 18.4 Å². The minimum Gasteiger partial charge on any atom is -0.335 e. The van der Waals surface area contributed by atoms with E-state index in [1.165, 1.54) is 6.92 Å². The van der Waals surface area contributed by atoms with Crippen LogP contribution in [-0.4, -0.2) is 29.8 Å². The van der Waals surface area contributed by atoms with E-state index in [0.29, 0.717) is 25.1 Å².